The molecule has 0 unspecified atom stereocenters. The van der Waals surface area contributed by atoms with Crippen LogP contribution >= 0.6 is 11.8 Å². The molecule has 21 heavy (non-hydrogen) atoms. The van der Waals surface area contributed by atoms with E-state index in [0.717, 1.165) is 17.2 Å². The van der Waals surface area contributed by atoms with Crippen molar-refractivity contribution < 1.29 is 4.74 Å². The first-order valence-electron chi connectivity index (χ1n) is 6.57. The fraction of sp³-hybridized carbons (Fsp3) is 0.214. The smallest absolute Gasteiger partial charge is 0.250 e. The van der Waals surface area contributed by atoms with Gasteiger partial charge in [0.1, 0.15) is 11.3 Å². The lowest BCUT2D eigenvalue weighted by atomic mass is 10.3. The van der Waals surface area contributed by atoms with E-state index in [4.69, 9.17) is 4.74 Å². The summed E-state index contributed by atoms with van der Waals surface area (Å²) in [6.45, 7) is 2.72. The van der Waals surface area contributed by atoms with Crippen LogP contribution in [0.25, 0.3) is 11.2 Å². The highest BCUT2D eigenvalue weighted by atomic mass is 32.2. The summed E-state index contributed by atoms with van der Waals surface area (Å²) in [5.74, 6) is 1.74. The summed E-state index contributed by atoms with van der Waals surface area (Å²) >= 11 is 1.63. The van der Waals surface area contributed by atoms with Crippen molar-refractivity contribution in [3.63, 3.8) is 0 Å². The molecule has 0 saturated heterocycles. The van der Waals surface area contributed by atoms with Gasteiger partial charge in [0.2, 0.25) is 5.95 Å². The Morgan fingerprint density at radius 1 is 1.29 bits per heavy atom. The summed E-state index contributed by atoms with van der Waals surface area (Å²) in [6, 6.07) is 7.85. The van der Waals surface area contributed by atoms with Gasteiger partial charge in [0.25, 0.3) is 5.88 Å². The Balaban J connectivity index is 2.04. The van der Waals surface area contributed by atoms with Crippen LogP contribution in [-0.4, -0.2) is 32.7 Å². The fourth-order valence-corrected chi connectivity index (χ4v) is 2.45. The number of hydrogen-bond donors (Lipinski definition) is 2. The van der Waals surface area contributed by atoms with Gasteiger partial charge in [-0.15, -0.1) is 11.8 Å². The minimum absolute atomic E-state index is 0.468. The van der Waals surface area contributed by atoms with Crippen LogP contribution in [0.3, 0.4) is 0 Å². The van der Waals surface area contributed by atoms with E-state index in [1.165, 1.54) is 0 Å². The number of aromatic amines is 1. The molecule has 0 atom stereocenters. The van der Waals surface area contributed by atoms with Gasteiger partial charge in [0.15, 0.2) is 5.65 Å². The summed E-state index contributed by atoms with van der Waals surface area (Å²) in [5, 5.41) is 3.08. The normalized spacial score (nSPS) is 10.8. The van der Waals surface area contributed by atoms with Crippen LogP contribution in [0.2, 0.25) is 0 Å². The van der Waals surface area contributed by atoms with Crippen molar-refractivity contribution in [3.05, 3.63) is 30.6 Å². The lowest BCUT2D eigenvalue weighted by Gasteiger charge is -2.10. The Hall–Kier alpha value is -2.28. The summed E-state index contributed by atoms with van der Waals surface area (Å²) in [6.07, 6.45) is 3.60. The number of imidazole rings is 1. The van der Waals surface area contributed by atoms with Crippen molar-refractivity contribution in [2.75, 3.05) is 18.1 Å². The number of anilines is 1. The average molecular weight is 301 g/mol. The largest absolute Gasteiger partial charge is 0.436 e. The van der Waals surface area contributed by atoms with E-state index in [2.05, 4.69) is 25.3 Å². The second kappa shape index (κ2) is 6.01. The summed E-state index contributed by atoms with van der Waals surface area (Å²) in [5.41, 5.74) is 1.27. The minimum Gasteiger partial charge on any atom is -0.436 e. The topological polar surface area (TPSA) is 75.7 Å². The Morgan fingerprint density at radius 3 is 2.95 bits per heavy atom. The number of nitrogens with zero attached hydrogens (tertiary/aromatic N) is 3. The third-order valence-electron chi connectivity index (χ3n) is 2.86. The molecule has 3 aromatic rings. The predicted molar refractivity (Wildman–Crippen MR) is 84.1 cm³/mol. The predicted octanol–water partition coefficient (Wildman–Crippen LogP) is 3.30. The van der Waals surface area contributed by atoms with E-state index in [1.807, 2.05) is 37.4 Å². The zero-order valence-corrected chi connectivity index (χ0v) is 12.6. The van der Waals surface area contributed by atoms with Crippen LogP contribution in [0.5, 0.6) is 11.6 Å². The monoisotopic (exact) mass is 301 g/mol. The number of thioether (sulfide) groups is 1. The third kappa shape index (κ3) is 2.78. The summed E-state index contributed by atoms with van der Waals surface area (Å²) in [7, 11) is 0. The van der Waals surface area contributed by atoms with Crippen molar-refractivity contribution in [3.8, 4) is 11.6 Å². The molecule has 2 N–H and O–H groups in total. The molecule has 1 aromatic carbocycles. The van der Waals surface area contributed by atoms with Gasteiger partial charge >= 0.3 is 0 Å². The third-order valence-corrected chi connectivity index (χ3v) is 3.64. The molecule has 0 aliphatic carbocycles. The maximum atomic E-state index is 5.98. The number of ether oxygens (including phenoxy) is 1. The molecule has 0 amide bonds. The highest BCUT2D eigenvalue weighted by Gasteiger charge is 2.13. The van der Waals surface area contributed by atoms with E-state index < -0.39 is 0 Å². The zero-order chi connectivity index (χ0) is 14.7. The SMILES string of the molecule is CCNc1nc(Oc2ccccc2SC)c2[nH]cnc2n1. The molecular formula is C14H15N5OS. The van der Waals surface area contributed by atoms with Gasteiger partial charge in [0, 0.05) is 11.4 Å². The van der Waals surface area contributed by atoms with Gasteiger partial charge < -0.3 is 15.0 Å². The first-order valence-corrected chi connectivity index (χ1v) is 7.80. The van der Waals surface area contributed by atoms with Crippen LogP contribution in [0.4, 0.5) is 5.95 Å². The molecule has 0 spiro atoms. The molecule has 3 rings (SSSR count). The lowest BCUT2D eigenvalue weighted by molar-refractivity contribution is 0.457. The molecule has 2 heterocycles. The van der Waals surface area contributed by atoms with Crippen LogP contribution in [0.1, 0.15) is 6.92 Å². The lowest BCUT2D eigenvalue weighted by Crippen LogP contribution is -2.03. The van der Waals surface area contributed by atoms with E-state index in [1.54, 1.807) is 18.1 Å². The fourth-order valence-electron chi connectivity index (χ4n) is 1.92. The highest BCUT2D eigenvalue weighted by molar-refractivity contribution is 7.98. The Bertz CT molecular complexity index is 758. The van der Waals surface area contributed by atoms with Crippen molar-refractivity contribution in [2.24, 2.45) is 0 Å². The van der Waals surface area contributed by atoms with E-state index in [9.17, 15) is 0 Å². The Morgan fingerprint density at radius 2 is 2.14 bits per heavy atom. The molecule has 0 aliphatic heterocycles. The van der Waals surface area contributed by atoms with Crippen molar-refractivity contribution >= 4 is 28.9 Å². The maximum absolute atomic E-state index is 5.98. The molecule has 0 radical (unpaired) electrons. The van der Waals surface area contributed by atoms with Gasteiger partial charge in [-0.25, -0.2) is 4.98 Å². The standard InChI is InChI=1S/C14H15N5OS/c1-3-15-14-18-12-11(16-8-17-12)13(19-14)20-9-6-4-5-7-10(9)21-2/h4-8H,3H2,1-2H3,(H2,15,16,17,18,19). The van der Waals surface area contributed by atoms with Crippen molar-refractivity contribution in [2.45, 2.75) is 11.8 Å². The van der Waals surface area contributed by atoms with E-state index in [0.29, 0.717) is 23.0 Å². The first-order chi connectivity index (χ1) is 10.3. The van der Waals surface area contributed by atoms with Crippen LogP contribution in [0.15, 0.2) is 35.5 Å². The number of para-hydroxylation sites is 1. The van der Waals surface area contributed by atoms with Gasteiger partial charge in [0.05, 0.1) is 6.33 Å². The molecule has 6 nitrogen and oxygen atoms in total. The molecule has 108 valence electrons. The van der Waals surface area contributed by atoms with Gasteiger partial charge in [-0.1, -0.05) is 12.1 Å². The number of rotatable bonds is 5. The Kier molecular flexibility index (Phi) is 3.92. The second-order valence-corrected chi connectivity index (χ2v) is 5.08. The quantitative estimate of drug-likeness (QED) is 0.704. The summed E-state index contributed by atoms with van der Waals surface area (Å²) < 4.78 is 5.98. The molecule has 0 fully saturated rings. The number of benzene rings is 1. The number of H-pyrrole nitrogens is 1. The molecule has 2 aromatic heterocycles. The number of nitrogens with one attached hydrogen (secondary N) is 2. The highest BCUT2D eigenvalue weighted by Crippen LogP contribution is 2.32. The minimum atomic E-state index is 0.468. The van der Waals surface area contributed by atoms with Crippen molar-refractivity contribution in [1.29, 1.82) is 0 Å². The average Bonchev–Trinajstić information content (AvgIpc) is 2.97. The Labute approximate surface area is 126 Å². The zero-order valence-electron chi connectivity index (χ0n) is 11.8. The molecule has 0 bridgehead atoms. The van der Waals surface area contributed by atoms with Crippen molar-refractivity contribution in [1.82, 2.24) is 19.9 Å². The van der Waals surface area contributed by atoms with Crippen LogP contribution < -0.4 is 10.1 Å². The number of aromatic nitrogens is 4. The van der Waals surface area contributed by atoms with E-state index >= 15 is 0 Å². The first kappa shape index (κ1) is 13.7. The molecule has 0 saturated carbocycles. The molecule has 0 aliphatic rings. The van der Waals surface area contributed by atoms with E-state index in [-0.39, 0.29) is 0 Å². The molecule has 7 heteroatoms. The van der Waals surface area contributed by atoms with Gasteiger partial charge in [-0.3, -0.25) is 0 Å². The van der Waals surface area contributed by atoms with Crippen LogP contribution in [-0.2, 0) is 0 Å². The van der Waals surface area contributed by atoms with Gasteiger partial charge in [-0.2, -0.15) is 9.97 Å². The number of hydrogen-bond acceptors (Lipinski definition) is 6. The maximum Gasteiger partial charge on any atom is 0.250 e. The number of fused-ring (bicyclic) bond motifs is 1. The van der Waals surface area contributed by atoms with Crippen LogP contribution in [0, 0.1) is 0 Å². The van der Waals surface area contributed by atoms with Gasteiger partial charge in [-0.05, 0) is 25.3 Å². The summed E-state index contributed by atoms with van der Waals surface area (Å²) in [4.78, 5) is 17.0. The second-order valence-electron chi connectivity index (χ2n) is 4.24. The molecular weight excluding hydrogens is 286 g/mol.